The van der Waals surface area contributed by atoms with E-state index >= 15 is 0 Å². The van der Waals surface area contributed by atoms with Crippen LogP contribution >= 0.6 is 0 Å². The number of carbonyl (C=O) groups is 2. The van der Waals surface area contributed by atoms with Crippen molar-refractivity contribution in [2.24, 2.45) is 0 Å². The van der Waals surface area contributed by atoms with E-state index in [1.165, 1.54) is 7.11 Å². The number of aliphatic carboxylic acids is 1. The molecular weight excluding hydrogens is 220 g/mol. The van der Waals surface area contributed by atoms with Crippen molar-refractivity contribution in [1.29, 1.82) is 0 Å². The largest absolute Gasteiger partial charge is 0.481 e. The molecule has 0 saturated carbocycles. The minimum atomic E-state index is -0.969. The van der Waals surface area contributed by atoms with Crippen molar-refractivity contribution in [3.63, 3.8) is 0 Å². The first-order chi connectivity index (χ1) is 8.13. The molecule has 0 atom stereocenters. The van der Waals surface area contributed by atoms with Crippen molar-refractivity contribution < 1.29 is 19.4 Å². The summed E-state index contributed by atoms with van der Waals surface area (Å²) in [5.74, 6) is 3.95. The minimum Gasteiger partial charge on any atom is -0.481 e. The molecule has 0 aliphatic rings. The van der Waals surface area contributed by atoms with Crippen LogP contribution in [0.25, 0.3) is 0 Å². The van der Waals surface area contributed by atoms with Gasteiger partial charge >= 0.3 is 11.9 Å². The van der Waals surface area contributed by atoms with E-state index in [-0.39, 0.29) is 18.8 Å². The number of benzene rings is 1. The maximum Gasteiger partial charge on any atom is 0.315 e. The van der Waals surface area contributed by atoms with E-state index in [1.54, 1.807) is 24.3 Å². The fraction of sp³-hybridized carbons (Fsp3) is 0.231. The summed E-state index contributed by atoms with van der Waals surface area (Å²) in [5, 5.41) is 8.47. The highest BCUT2D eigenvalue weighted by molar-refractivity contribution is 5.74. The average Bonchev–Trinajstić information content (AvgIpc) is 2.30. The van der Waals surface area contributed by atoms with Crippen molar-refractivity contribution in [1.82, 2.24) is 0 Å². The van der Waals surface area contributed by atoms with E-state index in [4.69, 9.17) is 5.11 Å². The first-order valence-corrected chi connectivity index (χ1v) is 4.99. The first kappa shape index (κ1) is 12.8. The summed E-state index contributed by atoms with van der Waals surface area (Å²) >= 11 is 0. The molecule has 0 spiro atoms. The minimum absolute atomic E-state index is 0.133. The van der Waals surface area contributed by atoms with E-state index in [0.717, 1.165) is 5.56 Å². The molecular formula is C13H12O4. The van der Waals surface area contributed by atoms with Gasteiger partial charge in [0.15, 0.2) is 0 Å². The number of carboxylic acids is 1. The van der Waals surface area contributed by atoms with Crippen molar-refractivity contribution in [3.8, 4) is 11.8 Å². The standard InChI is InChI=1S/C13H12O4/c1-17-13(16)9-11-6-3-2-5-10(11)7-4-8-12(14)15/h2-3,5-6H,8-9H2,1H3,(H,14,15). The van der Waals surface area contributed by atoms with Gasteiger partial charge in [0.25, 0.3) is 0 Å². The van der Waals surface area contributed by atoms with Gasteiger partial charge in [-0.25, -0.2) is 0 Å². The molecule has 0 fully saturated rings. The molecule has 0 saturated heterocycles. The second-order valence-electron chi connectivity index (χ2n) is 3.28. The fourth-order valence-corrected chi connectivity index (χ4v) is 1.24. The summed E-state index contributed by atoms with van der Waals surface area (Å²) in [4.78, 5) is 21.5. The highest BCUT2D eigenvalue weighted by Crippen LogP contribution is 2.08. The third-order valence-corrected chi connectivity index (χ3v) is 2.04. The summed E-state index contributed by atoms with van der Waals surface area (Å²) in [6.45, 7) is 0. The predicted molar refractivity (Wildman–Crippen MR) is 61.3 cm³/mol. The quantitative estimate of drug-likeness (QED) is 0.628. The van der Waals surface area contributed by atoms with Crippen LogP contribution in [0.3, 0.4) is 0 Å². The molecule has 0 aliphatic heterocycles. The topological polar surface area (TPSA) is 63.6 Å². The van der Waals surface area contributed by atoms with E-state index in [0.29, 0.717) is 5.56 Å². The summed E-state index contributed by atoms with van der Waals surface area (Å²) in [5.41, 5.74) is 1.39. The summed E-state index contributed by atoms with van der Waals surface area (Å²) in [6, 6.07) is 7.08. The SMILES string of the molecule is COC(=O)Cc1ccccc1C#CCC(=O)O. The Morgan fingerprint density at radius 2 is 2.06 bits per heavy atom. The molecule has 4 nitrogen and oxygen atoms in total. The fourth-order valence-electron chi connectivity index (χ4n) is 1.24. The van der Waals surface area contributed by atoms with E-state index in [2.05, 4.69) is 16.6 Å². The van der Waals surface area contributed by atoms with Crippen LogP contribution in [0.5, 0.6) is 0 Å². The van der Waals surface area contributed by atoms with Crippen molar-refractivity contribution >= 4 is 11.9 Å². The molecule has 0 aliphatic carbocycles. The maximum atomic E-state index is 11.2. The number of esters is 1. The van der Waals surface area contributed by atoms with Gasteiger partial charge in [-0.05, 0) is 11.6 Å². The van der Waals surface area contributed by atoms with Gasteiger partial charge in [0.05, 0.1) is 13.5 Å². The zero-order valence-corrected chi connectivity index (χ0v) is 9.40. The van der Waals surface area contributed by atoms with Crippen molar-refractivity contribution in [2.45, 2.75) is 12.8 Å². The highest BCUT2D eigenvalue weighted by Gasteiger charge is 2.05. The Hall–Kier alpha value is -2.28. The zero-order chi connectivity index (χ0) is 12.7. The number of rotatable bonds is 3. The van der Waals surface area contributed by atoms with Crippen LogP contribution in [0.4, 0.5) is 0 Å². The van der Waals surface area contributed by atoms with Gasteiger partial charge in [0, 0.05) is 5.56 Å². The van der Waals surface area contributed by atoms with Gasteiger partial charge < -0.3 is 9.84 Å². The van der Waals surface area contributed by atoms with Crippen LogP contribution in [-0.4, -0.2) is 24.2 Å². The first-order valence-electron chi connectivity index (χ1n) is 4.99. The lowest BCUT2D eigenvalue weighted by molar-refractivity contribution is -0.140. The lowest BCUT2D eigenvalue weighted by Crippen LogP contribution is -2.05. The van der Waals surface area contributed by atoms with Gasteiger partial charge in [-0.3, -0.25) is 9.59 Å². The Balaban J connectivity index is 2.86. The summed E-state index contributed by atoms with van der Waals surface area (Å²) < 4.78 is 4.57. The van der Waals surface area contributed by atoms with E-state index < -0.39 is 5.97 Å². The molecule has 1 rings (SSSR count). The maximum absolute atomic E-state index is 11.2. The van der Waals surface area contributed by atoms with Crippen LogP contribution in [0.15, 0.2) is 24.3 Å². The van der Waals surface area contributed by atoms with Crippen LogP contribution < -0.4 is 0 Å². The Labute approximate surface area is 99.2 Å². The Morgan fingerprint density at radius 1 is 1.35 bits per heavy atom. The number of ether oxygens (including phenoxy) is 1. The van der Waals surface area contributed by atoms with Gasteiger partial charge in [-0.15, -0.1) is 0 Å². The number of methoxy groups -OCH3 is 1. The summed E-state index contributed by atoms with van der Waals surface area (Å²) in [7, 11) is 1.32. The molecule has 0 heterocycles. The molecule has 4 heteroatoms. The number of hydrogen-bond acceptors (Lipinski definition) is 3. The second kappa shape index (κ2) is 6.33. The number of hydrogen-bond donors (Lipinski definition) is 1. The highest BCUT2D eigenvalue weighted by atomic mass is 16.5. The molecule has 0 amide bonds. The Morgan fingerprint density at radius 3 is 2.71 bits per heavy atom. The molecule has 1 aromatic rings. The number of carbonyl (C=O) groups excluding carboxylic acids is 1. The normalized spacial score (nSPS) is 9.00. The van der Waals surface area contributed by atoms with Gasteiger partial charge in [0.2, 0.25) is 0 Å². The van der Waals surface area contributed by atoms with Gasteiger partial charge in [-0.1, -0.05) is 30.0 Å². The Kier molecular flexibility index (Phi) is 4.77. The molecule has 1 aromatic carbocycles. The molecule has 0 aromatic heterocycles. The van der Waals surface area contributed by atoms with Crippen LogP contribution in [-0.2, 0) is 20.7 Å². The van der Waals surface area contributed by atoms with Gasteiger partial charge in [-0.2, -0.15) is 0 Å². The van der Waals surface area contributed by atoms with Crippen LogP contribution in [0.2, 0.25) is 0 Å². The molecule has 88 valence electrons. The predicted octanol–water partition coefficient (Wildman–Crippen LogP) is 1.23. The Bertz CT molecular complexity index is 480. The van der Waals surface area contributed by atoms with Crippen LogP contribution in [0.1, 0.15) is 17.5 Å². The molecule has 0 unspecified atom stereocenters. The van der Waals surface area contributed by atoms with Crippen LogP contribution in [0, 0.1) is 11.8 Å². The lowest BCUT2D eigenvalue weighted by atomic mass is 10.1. The molecule has 0 bridgehead atoms. The third kappa shape index (κ3) is 4.39. The van der Waals surface area contributed by atoms with E-state index in [9.17, 15) is 9.59 Å². The zero-order valence-electron chi connectivity index (χ0n) is 9.40. The van der Waals surface area contributed by atoms with Gasteiger partial charge in [0.1, 0.15) is 6.42 Å². The van der Waals surface area contributed by atoms with Crippen molar-refractivity contribution in [3.05, 3.63) is 35.4 Å². The number of carboxylic acid groups (broad SMARTS) is 1. The molecule has 17 heavy (non-hydrogen) atoms. The third-order valence-electron chi connectivity index (χ3n) is 2.04. The monoisotopic (exact) mass is 232 g/mol. The molecule has 0 radical (unpaired) electrons. The smallest absolute Gasteiger partial charge is 0.315 e. The lowest BCUT2D eigenvalue weighted by Gasteiger charge is -2.02. The second-order valence-corrected chi connectivity index (χ2v) is 3.28. The molecule has 1 N–H and O–H groups in total. The summed E-state index contributed by atoms with van der Waals surface area (Å²) in [6.07, 6.45) is -0.0824. The van der Waals surface area contributed by atoms with E-state index in [1.807, 2.05) is 0 Å². The van der Waals surface area contributed by atoms with Crippen molar-refractivity contribution in [2.75, 3.05) is 7.11 Å². The average molecular weight is 232 g/mol.